The van der Waals surface area contributed by atoms with Gasteiger partial charge in [-0.25, -0.2) is 0 Å². The van der Waals surface area contributed by atoms with Crippen LogP contribution in [0.15, 0.2) is 29.4 Å². The predicted octanol–water partition coefficient (Wildman–Crippen LogP) is 3.36. The lowest BCUT2D eigenvalue weighted by Gasteiger charge is -2.25. The Balaban J connectivity index is 2.55. The minimum absolute atomic E-state index is 0.0214. The second-order valence-electron chi connectivity index (χ2n) is 4.64. The monoisotopic (exact) mass is 269 g/mol. The average molecular weight is 270 g/mol. The van der Waals surface area contributed by atoms with Crippen LogP contribution in [-0.2, 0) is 16.0 Å². The van der Waals surface area contributed by atoms with Gasteiger partial charge in [0.15, 0.2) is 0 Å². The quantitative estimate of drug-likeness (QED) is 0.588. The Morgan fingerprint density at radius 3 is 2.50 bits per heavy atom. The van der Waals surface area contributed by atoms with Gasteiger partial charge in [0.05, 0.1) is 13.0 Å². The van der Waals surface area contributed by atoms with E-state index in [-0.39, 0.29) is 13.0 Å². The maximum Gasteiger partial charge on any atom is 0.308 e. The Morgan fingerprint density at radius 1 is 1.33 bits per heavy atom. The van der Waals surface area contributed by atoms with Crippen molar-refractivity contribution in [3.63, 3.8) is 0 Å². The number of nitroso groups, excluding NO2 is 1. The van der Waals surface area contributed by atoms with E-state index in [1.807, 2.05) is 26.0 Å². The first kappa shape index (κ1) is 14.6. The van der Waals surface area contributed by atoms with Crippen molar-refractivity contribution < 1.29 is 9.53 Å². The fraction of sp³-hybridized carbons (Fsp3) is 0.462. The lowest BCUT2D eigenvalue weighted by molar-refractivity contribution is -0.156. The molecule has 1 aromatic carbocycles. The molecule has 18 heavy (non-hydrogen) atoms. The van der Waals surface area contributed by atoms with Gasteiger partial charge in [0, 0.05) is 11.4 Å². The number of halogens is 1. The summed E-state index contributed by atoms with van der Waals surface area (Å²) in [5, 5.41) is 3.31. The van der Waals surface area contributed by atoms with Crippen molar-refractivity contribution in [2.45, 2.75) is 32.3 Å². The SMILES string of the molecule is CC(C)(Cc1ccc(Cl)cc1)OC(=O)CCN=O. The number of esters is 1. The molecule has 4 nitrogen and oxygen atoms in total. The van der Waals surface area contributed by atoms with E-state index in [9.17, 15) is 9.70 Å². The smallest absolute Gasteiger partial charge is 0.308 e. The summed E-state index contributed by atoms with van der Waals surface area (Å²) in [7, 11) is 0. The van der Waals surface area contributed by atoms with Crippen LogP contribution >= 0.6 is 11.6 Å². The summed E-state index contributed by atoms with van der Waals surface area (Å²) in [5.74, 6) is -0.409. The zero-order valence-corrected chi connectivity index (χ0v) is 11.2. The number of ether oxygens (including phenoxy) is 1. The van der Waals surface area contributed by atoms with Crippen LogP contribution in [-0.4, -0.2) is 18.1 Å². The van der Waals surface area contributed by atoms with Gasteiger partial charge in [-0.05, 0) is 31.5 Å². The van der Waals surface area contributed by atoms with Crippen LogP contribution in [0.4, 0.5) is 0 Å². The molecule has 0 aromatic heterocycles. The van der Waals surface area contributed by atoms with E-state index in [2.05, 4.69) is 5.18 Å². The highest BCUT2D eigenvalue weighted by Crippen LogP contribution is 2.19. The molecule has 0 bridgehead atoms. The highest BCUT2D eigenvalue weighted by atomic mass is 35.5. The number of benzene rings is 1. The van der Waals surface area contributed by atoms with Crippen molar-refractivity contribution in [3.05, 3.63) is 39.8 Å². The van der Waals surface area contributed by atoms with Crippen LogP contribution in [0.1, 0.15) is 25.8 Å². The zero-order valence-electron chi connectivity index (χ0n) is 10.5. The molecule has 0 saturated carbocycles. The molecule has 0 unspecified atom stereocenters. The van der Waals surface area contributed by atoms with Gasteiger partial charge in [-0.3, -0.25) is 4.79 Å². The van der Waals surface area contributed by atoms with Gasteiger partial charge in [0.25, 0.3) is 0 Å². The van der Waals surface area contributed by atoms with E-state index < -0.39 is 11.6 Å². The number of carbonyl (C=O) groups is 1. The fourth-order valence-corrected chi connectivity index (χ4v) is 1.75. The second kappa shape index (κ2) is 6.50. The molecule has 98 valence electrons. The summed E-state index contributed by atoms with van der Waals surface area (Å²) in [6, 6.07) is 7.38. The molecule has 0 aliphatic carbocycles. The number of carbonyl (C=O) groups excluding carboxylic acids is 1. The van der Waals surface area contributed by atoms with Gasteiger partial charge < -0.3 is 4.74 Å². The van der Waals surface area contributed by atoms with Crippen LogP contribution in [0.3, 0.4) is 0 Å². The van der Waals surface area contributed by atoms with Crippen LogP contribution in [0.5, 0.6) is 0 Å². The summed E-state index contributed by atoms with van der Waals surface area (Å²) in [5.41, 5.74) is 0.416. The van der Waals surface area contributed by atoms with Gasteiger partial charge in [-0.1, -0.05) is 28.9 Å². The molecular weight excluding hydrogens is 254 g/mol. The van der Waals surface area contributed by atoms with E-state index >= 15 is 0 Å². The molecule has 0 amide bonds. The first-order valence-electron chi connectivity index (χ1n) is 5.68. The van der Waals surface area contributed by atoms with Gasteiger partial charge >= 0.3 is 5.97 Å². The Bertz CT molecular complexity index is 415. The Morgan fingerprint density at radius 2 is 1.94 bits per heavy atom. The third-order valence-corrected chi connectivity index (χ3v) is 2.59. The molecule has 0 N–H and O–H groups in total. The minimum atomic E-state index is -0.617. The van der Waals surface area contributed by atoms with Gasteiger partial charge in [-0.15, -0.1) is 0 Å². The normalized spacial score (nSPS) is 11.1. The fourth-order valence-electron chi connectivity index (χ4n) is 1.63. The lowest BCUT2D eigenvalue weighted by Crippen LogP contribution is -2.30. The van der Waals surface area contributed by atoms with Crippen LogP contribution in [0, 0.1) is 4.91 Å². The minimum Gasteiger partial charge on any atom is -0.459 e. The Labute approximate surface area is 111 Å². The van der Waals surface area contributed by atoms with E-state index in [1.165, 1.54) is 0 Å². The molecule has 0 atom stereocenters. The highest BCUT2D eigenvalue weighted by Gasteiger charge is 2.23. The maximum absolute atomic E-state index is 11.4. The molecule has 0 fully saturated rings. The highest BCUT2D eigenvalue weighted by molar-refractivity contribution is 6.30. The van der Waals surface area contributed by atoms with Crippen molar-refractivity contribution in [3.8, 4) is 0 Å². The van der Waals surface area contributed by atoms with E-state index in [4.69, 9.17) is 16.3 Å². The number of nitrogens with zero attached hydrogens (tertiary/aromatic N) is 1. The molecule has 0 aliphatic rings. The van der Waals surface area contributed by atoms with Crippen molar-refractivity contribution in [2.75, 3.05) is 6.54 Å². The van der Waals surface area contributed by atoms with Crippen molar-refractivity contribution >= 4 is 17.6 Å². The molecule has 0 aliphatic heterocycles. The summed E-state index contributed by atoms with van der Waals surface area (Å²) < 4.78 is 5.30. The van der Waals surface area contributed by atoms with Crippen LogP contribution < -0.4 is 0 Å². The maximum atomic E-state index is 11.4. The summed E-state index contributed by atoms with van der Waals surface area (Å²) in [6.45, 7) is 3.61. The summed E-state index contributed by atoms with van der Waals surface area (Å²) >= 11 is 5.80. The van der Waals surface area contributed by atoms with Gasteiger partial charge in [0.2, 0.25) is 0 Å². The van der Waals surface area contributed by atoms with E-state index in [0.29, 0.717) is 11.4 Å². The van der Waals surface area contributed by atoms with Gasteiger partial charge in [-0.2, -0.15) is 4.91 Å². The number of hydrogen-bond donors (Lipinski definition) is 0. The molecule has 1 aromatic rings. The standard InChI is InChI=1S/C13H16ClNO3/c1-13(2,18-12(16)7-8-15-17)9-10-3-5-11(14)6-4-10/h3-6H,7-9H2,1-2H3. The molecular formula is C13H16ClNO3. The second-order valence-corrected chi connectivity index (χ2v) is 5.08. The van der Waals surface area contributed by atoms with Crippen molar-refractivity contribution in [1.29, 1.82) is 0 Å². The van der Waals surface area contributed by atoms with Crippen molar-refractivity contribution in [1.82, 2.24) is 0 Å². The van der Waals surface area contributed by atoms with Crippen LogP contribution in [0.25, 0.3) is 0 Å². The summed E-state index contributed by atoms with van der Waals surface area (Å²) in [4.78, 5) is 21.3. The number of hydrogen-bond acceptors (Lipinski definition) is 4. The zero-order chi connectivity index (χ0) is 13.6. The van der Waals surface area contributed by atoms with Gasteiger partial charge in [0.1, 0.15) is 5.60 Å². The molecule has 0 saturated heterocycles. The third-order valence-electron chi connectivity index (χ3n) is 2.34. The first-order valence-corrected chi connectivity index (χ1v) is 6.06. The van der Waals surface area contributed by atoms with Crippen LogP contribution in [0.2, 0.25) is 5.02 Å². The largest absolute Gasteiger partial charge is 0.459 e. The molecule has 0 radical (unpaired) electrons. The first-order chi connectivity index (χ1) is 8.43. The average Bonchev–Trinajstić information content (AvgIpc) is 2.28. The number of rotatable bonds is 6. The van der Waals surface area contributed by atoms with E-state index in [0.717, 1.165) is 5.56 Å². The predicted molar refractivity (Wildman–Crippen MR) is 70.6 cm³/mol. The molecule has 1 rings (SSSR count). The third kappa shape index (κ3) is 5.27. The topological polar surface area (TPSA) is 55.7 Å². The molecule has 5 heteroatoms. The van der Waals surface area contributed by atoms with Crippen molar-refractivity contribution in [2.24, 2.45) is 5.18 Å². The Hall–Kier alpha value is -1.42. The lowest BCUT2D eigenvalue weighted by atomic mass is 9.98. The molecule has 0 heterocycles. The Kier molecular flexibility index (Phi) is 5.28. The summed E-state index contributed by atoms with van der Waals surface area (Å²) in [6.07, 6.45) is 0.609. The molecule has 0 spiro atoms. The van der Waals surface area contributed by atoms with E-state index in [1.54, 1.807) is 12.1 Å².